The van der Waals surface area contributed by atoms with Crippen LogP contribution >= 0.6 is 27.3 Å². The van der Waals surface area contributed by atoms with Crippen LogP contribution < -0.4 is 10.6 Å². The van der Waals surface area contributed by atoms with Crippen molar-refractivity contribution in [1.82, 2.24) is 10.6 Å². The van der Waals surface area contributed by atoms with E-state index in [2.05, 4.69) is 26.6 Å². The molecule has 106 valence electrons. The SMILES string of the molecule is CC(NC(=O)NCCc1ccc(Br)s1)C(C)C(=O)O. The van der Waals surface area contributed by atoms with Gasteiger partial charge in [-0.05, 0) is 48.3 Å². The second-order valence-electron chi connectivity index (χ2n) is 4.27. The average molecular weight is 349 g/mol. The number of thiophene rings is 1. The number of carbonyl (C=O) groups is 2. The number of halogens is 1. The van der Waals surface area contributed by atoms with E-state index in [4.69, 9.17) is 5.11 Å². The van der Waals surface area contributed by atoms with E-state index >= 15 is 0 Å². The number of urea groups is 1. The molecule has 0 aromatic carbocycles. The number of carboxylic acids is 1. The lowest BCUT2D eigenvalue weighted by molar-refractivity contribution is -0.141. The van der Waals surface area contributed by atoms with Crippen molar-refractivity contribution in [2.45, 2.75) is 26.3 Å². The summed E-state index contributed by atoms with van der Waals surface area (Å²) in [5, 5.41) is 14.1. The van der Waals surface area contributed by atoms with E-state index in [0.29, 0.717) is 6.54 Å². The molecule has 0 saturated carbocycles. The zero-order valence-electron chi connectivity index (χ0n) is 10.8. The molecule has 0 bridgehead atoms. The summed E-state index contributed by atoms with van der Waals surface area (Å²) in [6.45, 7) is 3.76. The summed E-state index contributed by atoms with van der Waals surface area (Å²) >= 11 is 5.01. The smallest absolute Gasteiger partial charge is 0.315 e. The predicted molar refractivity (Wildman–Crippen MR) is 78.5 cm³/mol. The molecular weight excluding hydrogens is 332 g/mol. The molecule has 0 aliphatic heterocycles. The summed E-state index contributed by atoms with van der Waals surface area (Å²) in [6, 6.07) is 3.23. The molecule has 0 fully saturated rings. The lowest BCUT2D eigenvalue weighted by Gasteiger charge is -2.18. The highest BCUT2D eigenvalue weighted by Gasteiger charge is 2.20. The highest BCUT2D eigenvalue weighted by atomic mass is 79.9. The lowest BCUT2D eigenvalue weighted by Crippen LogP contribution is -2.45. The van der Waals surface area contributed by atoms with Crippen molar-refractivity contribution in [3.8, 4) is 0 Å². The van der Waals surface area contributed by atoms with Crippen molar-refractivity contribution in [2.75, 3.05) is 6.54 Å². The highest BCUT2D eigenvalue weighted by Crippen LogP contribution is 2.21. The van der Waals surface area contributed by atoms with Gasteiger partial charge in [0.2, 0.25) is 0 Å². The third-order valence-electron chi connectivity index (χ3n) is 2.78. The second-order valence-corrected chi connectivity index (χ2v) is 6.82. The minimum Gasteiger partial charge on any atom is -0.481 e. The molecule has 2 atom stereocenters. The van der Waals surface area contributed by atoms with Gasteiger partial charge in [0, 0.05) is 17.5 Å². The van der Waals surface area contributed by atoms with E-state index < -0.39 is 17.9 Å². The molecule has 5 nitrogen and oxygen atoms in total. The van der Waals surface area contributed by atoms with Crippen LogP contribution in [-0.4, -0.2) is 29.7 Å². The zero-order valence-corrected chi connectivity index (χ0v) is 13.2. The van der Waals surface area contributed by atoms with Crippen LogP contribution in [0.2, 0.25) is 0 Å². The van der Waals surface area contributed by atoms with Crippen LogP contribution in [0.15, 0.2) is 15.9 Å². The standard InChI is InChI=1S/C12H17BrN2O3S/c1-7(11(16)17)8(2)15-12(18)14-6-5-9-3-4-10(13)19-9/h3-4,7-8H,5-6H2,1-2H3,(H,16,17)(H2,14,15,18). The second kappa shape index (κ2) is 7.49. The fourth-order valence-electron chi connectivity index (χ4n) is 1.38. The molecule has 2 unspecified atom stereocenters. The largest absolute Gasteiger partial charge is 0.481 e. The molecule has 2 amide bonds. The van der Waals surface area contributed by atoms with Gasteiger partial charge in [-0.15, -0.1) is 11.3 Å². The van der Waals surface area contributed by atoms with Crippen LogP contribution in [0.5, 0.6) is 0 Å². The molecule has 0 radical (unpaired) electrons. The Morgan fingerprint density at radius 1 is 1.42 bits per heavy atom. The molecule has 3 N–H and O–H groups in total. The predicted octanol–water partition coefficient (Wildman–Crippen LogP) is 2.46. The molecule has 0 aliphatic rings. The maximum atomic E-state index is 11.6. The first-order chi connectivity index (χ1) is 8.90. The quantitative estimate of drug-likeness (QED) is 0.738. The van der Waals surface area contributed by atoms with Gasteiger partial charge in [0.15, 0.2) is 0 Å². The fraction of sp³-hybridized carbons (Fsp3) is 0.500. The van der Waals surface area contributed by atoms with Gasteiger partial charge in [0.25, 0.3) is 0 Å². The van der Waals surface area contributed by atoms with E-state index in [1.807, 2.05) is 12.1 Å². The Kier molecular flexibility index (Phi) is 6.30. The van der Waals surface area contributed by atoms with Crippen LogP contribution in [0, 0.1) is 5.92 Å². The first kappa shape index (κ1) is 16.0. The number of aliphatic carboxylic acids is 1. The number of hydrogen-bond acceptors (Lipinski definition) is 3. The maximum absolute atomic E-state index is 11.6. The summed E-state index contributed by atoms with van der Waals surface area (Å²) in [4.78, 5) is 23.5. The summed E-state index contributed by atoms with van der Waals surface area (Å²) in [7, 11) is 0. The summed E-state index contributed by atoms with van der Waals surface area (Å²) in [5.41, 5.74) is 0. The first-order valence-electron chi connectivity index (χ1n) is 5.91. The van der Waals surface area contributed by atoms with Gasteiger partial charge in [0.05, 0.1) is 9.70 Å². The van der Waals surface area contributed by atoms with Crippen molar-refractivity contribution in [3.63, 3.8) is 0 Å². The summed E-state index contributed by atoms with van der Waals surface area (Å²) in [5.74, 6) is -1.53. The molecule has 19 heavy (non-hydrogen) atoms. The van der Waals surface area contributed by atoms with Gasteiger partial charge in [0.1, 0.15) is 0 Å². The Balaban J connectivity index is 2.26. The first-order valence-corrected chi connectivity index (χ1v) is 7.52. The fourth-order valence-corrected chi connectivity index (χ4v) is 2.86. The molecule has 1 aromatic rings. The number of carbonyl (C=O) groups excluding carboxylic acids is 1. The molecule has 0 spiro atoms. The van der Waals surface area contributed by atoms with Crippen LogP contribution in [0.25, 0.3) is 0 Å². The number of amides is 2. The third-order valence-corrected chi connectivity index (χ3v) is 4.47. The average Bonchev–Trinajstić information content (AvgIpc) is 2.73. The van der Waals surface area contributed by atoms with Gasteiger partial charge >= 0.3 is 12.0 Å². The molecule has 1 rings (SSSR count). The van der Waals surface area contributed by atoms with E-state index in [0.717, 1.165) is 10.2 Å². The van der Waals surface area contributed by atoms with Crippen LogP contribution in [-0.2, 0) is 11.2 Å². The highest BCUT2D eigenvalue weighted by molar-refractivity contribution is 9.11. The Morgan fingerprint density at radius 2 is 2.11 bits per heavy atom. The zero-order chi connectivity index (χ0) is 14.4. The van der Waals surface area contributed by atoms with E-state index in [9.17, 15) is 9.59 Å². The molecule has 1 heterocycles. The number of hydrogen-bond donors (Lipinski definition) is 3. The molecule has 1 aromatic heterocycles. The van der Waals surface area contributed by atoms with Crippen LogP contribution in [0.1, 0.15) is 18.7 Å². The monoisotopic (exact) mass is 348 g/mol. The number of rotatable bonds is 6. The Labute approximate surface area is 124 Å². The van der Waals surface area contributed by atoms with Crippen molar-refractivity contribution < 1.29 is 14.7 Å². The Morgan fingerprint density at radius 3 is 2.63 bits per heavy atom. The molecule has 0 saturated heterocycles. The van der Waals surface area contributed by atoms with Gasteiger partial charge in [-0.1, -0.05) is 0 Å². The Hall–Kier alpha value is -1.08. The van der Waals surface area contributed by atoms with Crippen LogP contribution in [0.3, 0.4) is 0 Å². The van der Waals surface area contributed by atoms with Crippen LogP contribution in [0.4, 0.5) is 4.79 Å². The molecule has 7 heteroatoms. The van der Waals surface area contributed by atoms with E-state index in [1.54, 1.807) is 25.2 Å². The molecular formula is C12H17BrN2O3S. The van der Waals surface area contributed by atoms with Crippen molar-refractivity contribution in [2.24, 2.45) is 5.92 Å². The van der Waals surface area contributed by atoms with Crippen molar-refractivity contribution >= 4 is 39.3 Å². The maximum Gasteiger partial charge on any atom is 0.315 e. The van der Waals surface area contributed by atoms with E-state index in [1.165, 1.54) is 4.88 Å². The minimum absolute atomic E-state index is 0.337. The Bertz CT molecular complexity index is 450. The third kappa shape index (κ3) is 5.61. The minimum atomic E-state index is -0.920. The molecule has 0 aliphatic carbocycles. The number of carboxylic acid groups (broad SMARTS) is 1. The van der Waals surface area contributed by atoms with Gasteiger partial charge in [-0.25, -0.2) is 4.79 Å². The van der Waals surface area contributed by atoms with Crippen molar-refractivity contribution in [3.05, 3.63) is 20.8 Å². The van der Waals surface area contributed by atoms with Gasteiger partial charge in [-0.3, -0.25) is 4.79 Å². The van der Waals surface area contributed by atoms with Gasteiger partial charge < -0.3 is 15.7 Å². The van der Waals surface area contributed by atoms with Crippen molar-refractivity contribution in [1.29, 1.82) is 0 Å². The summed E-state index contributed by atoms with van der Waals surface area (Å²) < 4.78 is 1.07. The topological polar surface area (TPSA) is 78.4 Å². The van der Waals surface area contributed by atoms with Gasteiger partial charge in [-0.2, -0.15) is 0 Å². The normalized spacial score (nSPS) is 13.6. The lowest BCUT2D eigenvalue weighted by atomic mass is 10.0. The number of nitrogens with one attached hydrogen (secondary N) is 2. The summed E-state index contributed by atoms with van der Waals surface area (Å²) in [6.07, 6.45) is 0.756. The van der Waals surface area contributed by atoms with E-state index in [-0.39, 0.29) is 6.03 Å².